The summed E-state index contributed by atoms with van der Waals surface area (Å²) in [6.45, 7) is 1.43. The topological polar surface area (TPSA) is 96.5 Å². The molecule has 0 heterocycles. The average molecular weight is 409 g/mol. The van der Waals surface area contributed by atoms with Crippen molar-refractivity contribution in [3.8, 4) is 5.75 Å². The Hall–Kier alpha value is -3.35. The van der Waals surface area contributed by atoms with Crippen molar-refractivity contribution in [1.82, 2.24) is 5.32 Å². The van der Waals surface area contributed by atoms with Crippen molar-refractivity contribution in [2.24, 2.45) is 0 Å². The Bertz CT molecular complexity index is 901. The number of hydrogen-bond acceptors (Lipinski definition) is 4. The van der Waals surface area contributed by atoms with Crippen LogP contribution in [0.4, 0.5) is 11.4 Å². The zero-order valence-corrected chi connectivity index (χ0v) is 17.3. The van der Waals surface area contributed by atoms with Gasteiger partial charge in [-0.3, -0.25) is 14.4 Å². The van der Waals surface area contributed by atoms with E-state index in [2.05, 4.69) is 16.0 Å². The molecular weight excluding hydrogens is 382 g/mol. The van der Waals surface area contributed by atoms with Crippen molar-refractivity contribution < 1.29 is 19.1 Å². The van der Waals surface area contributed by atoms with Crippen molar-refractivity contribution in [1.29, 1.82) is 0 Å². The maximum absolute atomic E-state index is 12.9. The second-order valence-electron chi connectivity index (χ2n) is 7.54. The molecule has 158 valence electrons. The van der Waals surface area contributed by atoms with E-state index in [9.17, 15) is 14.4 Å². The highest BCUT2D eigenvalue weighted by molar-refractivity contribution is 6.05. The average Bonchev–Trinajstić information content (AvgIpc) is 2.75. The highest BCUT2D eigenvalue weighted by Gasteiger charge is 2.40. The fraction of sp³-hybridized carbons (Fsp3) is 0.348. The van der Waals surface area contributed by atoms with Gasteiger partial charge in [-0.25, -0.2) is 0 Å². The maximum atomic E-state index is 12.9. The van der Waals surface area contributed by atoms with Gasteiger partial charge in [-0.15, -0.1) is 0 Å². The van der Waals surface area contributed by atoms with Crippen LogP contribution in [0.3, 0.4) is 0 Å². The fourth-order valence-corrected chi connectivity index (χ4v) is 3.73. The smallest absolute Gasteiger partial charge is 0.255 e. The highest BCUT2D eigenvalue weighted by Crippen LogP contribution is 2.29. The van der Waals surface area contributed by atoms with E-state index in [4.69, 9.17) is 4.74 Å². The van der Waals surface area contributed by atoms with Gasteiger partial charge in [0.25, 0.3) is 5.91 Å². The molecule has 7 heteroatoms. The third-order valence-electron chi connectivity index (χ3n) is 5.31. The lowest BCUT2D eigenvalue weighted by molar-refractivity contribution is -0.130. The minimum absolute atomic E-state index is 0.211. The molecule has 1 saturated carbocycles. The van der Waals surface area contributed by atoms with Crippen LogP contribution in [0.25, 0.3) is 0 Å². The molecule has 0 spiro atoms. The van der Waals surface area contributed by atoms with E-state index < -0.39 is 5.54 Å². The van der Waals surface area contributed by atoms with E-state index in [0.717, 1.165) is 19.3 Å². The molecule has 0 bridgehead atoms. The number of methoxy groups -OCH3 is 1. The second-order valence-corrected chi connectivity index (χ2v) is 7.54. The number of hydrogen-bond donors (Lipinski definition) is 3. The first kappa shape index (κ1) is 21.4. The fourth-order valence-electron chi connectivity index (χ4n) is 3.73. The van der Waals surface area contributed by atoms with Gasteiger partial charge in [0.15, 0.2) is 0 Å². The predicted molar refractivity (Wildman–Crippen MR) is 116 cm³/mol. The quantitative estimate of drug-likeness (QED) is 0.677. The zero-order chi connectivity index (χ0) is 21.6. The third-order valence-corrected chi connectivity index (χ3v) is 5.31. The number of nitrogens with one attached hydrogen (secondary N) is 3. The lowest BCUT2D eigenvalue weighted by Crippen LogP contribution is -2.57. The van der Waals surface area contributed by atoms with Crippen LogP contribution in [0.2, 0.25) is 0 Å². The van der Waals surface area contributed by atoms with Gasteiger partial charge in [-0.2, -0.15) is 0 Å². The molecule has 3 amide bonds. The molecule has 1 fully saturated rings. The number of rotatable bonds is 6. The Labute approximate surface area is 176 Å². The minimum Gasteiger partial charge on any atom is -0.497 e. The van der Waals surface area contributed by atoms with Crippen LogP contribution in [0, 0.1) is 0 Å². The Morgan fingerprint density at radius 1 is 0.833 bits per heavy atom. The molecule has 0 aromatic heterocycles. The molecule has 2 aromatic rings. The zero-order valence-electron chi connectivity index (χ0n) is 17.3. The molecule has 0 radical (unpaired) electrons. The Kier molecular flexibility index (Phi) is 6.72. The summed E-state index contributed by atoms with van der Waals surface area (Å²) in [4.78, 5) is 37.0. The molecule has 1 aliphatic carbocycles. The summed E-state index contributed by atoms with van der Waals surface area (Å²) in [5.74, 6) is 0.0357. The summed E-state index contributed by atoms with van der Waals surface area (Å²) in [6.07, 6.45) is 4.12. The normalized spacial score (nSPS) is 15.0. The number of amides is 3. The van der Waals surface area contributed by atoms with Crippen molar-refractivity contribution in [2.75, 3.05) is 17.7 Å². The van der Waals surface area contributed by atoms with Gasteiger partial charge in [-0.1, -0.05) is 19.3 Å². The summed E-state index contributed by atoms with van der Waals surface area (Å²) in [6, 6.07) is 13.7. The first-order valence-corrected chi connectivity index (χ1v) is 10.1. The number of carbonyl (C=O) groups excluding carboxylic acids is 3. The van der Waals surface area contributed by atoms with Crippen LogP contribution >= 0.6 is 0 Å². The van der Waals surface area contributed by atoms with E-state index in [1.165, 1.54) is 6.92 Å². The van der Waals surface area contributed by atoms with Crippen LogP contribution in [0.15, 0.2) is 48.5 Å². The number of ether oxygens (including phenoxy) is 1. The van der Waals surface area contributed by atoms with Gasteiger partial charge < -0.3 is 20.7 Å². The molecule has 3 N–H and O–H groups in total. The molecule has 3 rings (SSSR count). The summed E-state index contributed by atoms with van der Waals surface area (Å²) in [5.41, 5.74) is 0.844. The van der Waals surface area contributed by atoms with Crippen molar-refractivity contribution in [2.45, 2.75) is 44.6 Å². The van der Waals surface area contributed by atoms with E-state index in [-0.39, 0.29) is 17.7 Å². The monoisotopic (exact) mass is 409 g/mol. The molecular formula is C23H27N3O4. The molecule has 7 nitrogen and oxygen atoms in total. The van der Waals surface area contributed by atoms with Gasteiger partial charge in [0.05, 0.1) is 7.11 Å². The number of benzene rings is 2. The van der Waals surface area contributed by atoms with Crippen LogP contribution in [0.5, 0.6) is 5.75 Å². The molecule has 0 atom stereocenters. The van der Waals surface area contributed by atoms with Gasteiger partial charge in [-0.05, 0) is 61.4 Å². The maximum Gasteiger partial charge on any atom is 0.255 e. The van der Waals surface area contributed by atoms with Crippen molar-refractivity contribution >= 4 is 29.1 Å². The van der Waals surface area contributed by atoms with Gasteiger partial charge in [0.2, 0.25) is 11.8 Å². The minimum atomic E-state index is -0.867. The van der Waals surface area contributed by atoms with Crippen LogP contribution in [0.1, 0.15) is 49.4 Å². The van der Waals surface area contributed by atoms with Gasteiger partial charge in [0, 0.05) is 23.9 Å². The van der Waals surface area contributed by atoms with Crippen LogP contribution < -0.4 is 20.7 Å². The van der Waals surface area contributed by atoms with E-state index in [1.54, 1.807) is 55.6 Å². The van der Waals surface area contributed by atoms with E-state index >= 15 is 0 Å². The van der Waals surface area contributed by atoms with E-state index in [1.807, 2.05) is 0 Å². The SMILES string of the molecule is COc1ccc(NC(=O)c2ccc(NC(=O)C3(NC(C)=O)CCCCC3)cc2)cc1. The highest BCUT2D eigenvalue weighted by atomic mass is 16.5. The second kappa shape index (κ2) is 9.43. The molecule has 0 aliphatic heterocycles. The Morgan fingerprint density at radius 2 is 1.40 bits per heavy atom. The van der Waals surface area contributed by atoms with Crippen LogP contribution in [-0.2, 0) is 9.59 Å². The number of anilines is 2. The largest absolute Gasteiger partial charge is 0.497 e. The van der Waals surface area contributed by atoms with E-state index in [0.29, 0.717) is 35.5 Å². The molecule has 0 unspecified atom stereocenters. The number of carbonyl (C=O) groups is 3. The first-order chi connectivity index (χ1) is 14.4. The first-order valence-electron chi connectivity index (χ1n) is 10.1. The molecule has 0 saturated heterocycles. The van der Waals surface area contributed by atoms with Gasteiger partial charge >= 0.3 is 0 Å². The predicted octanol–water partition coefficient (Wildman–Crippen LogP) is 3.73. The summed E-state index contributed by atoms with van der Waals surface area (Å²) < 4.78 is 5.11. The van der Waals surface area contributed by atoms with Gasteiger partial charge in [0.1, 0.15) is 11.3 Å². The molecule has 2 aromatic carbocycles. The lowest BCUT2D eigenvalue weighted by atomic mass is 9.80. The lowest BCUT2D eigenvalue weighted by Gasteiger charge is -2.36. The third kappa shape index (κ3) is 5.17. The van der Waals surface area contributed by atoms with Crippen LogP contribution in [-0.4, -0.2) is 30.4 Å². The summed E-state index contributed by atoms with van der Waals surface area (Å²) in [7, 11) is 1.58. The van der Waals surface area contributed by atoms with Crippen molar-refractivity contribution in [3.63, 3.8) is 0 Å². The standard InChI is InChI=1S/C23H27N3O4/c1-16(27)26-23(14-4-3-5-15-23)22(29)25-19-8-6-17(7-9-19)21(28)24-18-10-12-20(30-2)13-11-18/h6-13H,3-5,14-15H2,1-2H3,(H,24,28)(H,25,29)(H,26,27). The summed E-state index contributed by atoms with van der Waals surface area (Å²) in [5, 5.41) is 8.56. The molecule has 1 aliphatic rings. The molecule has 30 heavy (non-hydrogen) atoms. The Morgan fingerprint density at radius 3 is 1.97 bits per heavy atom. The Balaban J connectivity index is 1.64. The summed E-state index contributed by atoms with van der Waals surface area (Å²) >= 11 is 0. The van der Waals surface area contributed by atoms with Crippen molar-refractivity contribution in [3.05, 3.63) is 54.1 Å².